The molecule has 0 aromatic rings. The lowest BCUT2D eigenvalue weighted by Gasteiger charge is -2.15. The first-order valence-corrected chi connectivity index (χ1v) is 15.2. The van der Waals surface area contributed by atoms with Crippen LogP contribution in [0.5, 0.6) is 0 Å². The van der Waals surface area contributed by atoms with Crippen LogP contribution in [0.2, 0.25) is 0 Å². The summed E-state index contributed by atoms with van der Waals surface area (Å²) in [6, 6.07) is 0. The number of hydrogen-bond donors (Lipinski definition) is 1. The van der Waals surface area contributed by atoms with Crippen molar-refractivity contribution in [2.24, 2.45) is 0 Å². The van der Waals surface area contributed by atoms with Crippen LogP contribution in [0.15, 0.2) is 48.6 Å². The number of hydrogen-bond acceptors (Lipinski definition) is 4. The molecule has 0 radical (unpaired) electrons. The number of aliphatic hydroxyl groups excluding tert-OH is 1. The molecule has 0 fully saturated rings. The largest absolute Gasteiger partial charge is 0.457 e. The van der Waals surface area contributed by atoms with Gasteiger partial charge in [0.25, 0.3) is 0 Å². The van der Waals surface area contributed by atoms with Crippen LogP contribution in [-0.2, 0) is 14.3 Å². The van der Waals surface area contributed by atoms with Gasteiger partial charge in [-0.2, -0.15) is 0 Å². The molecule has 0 saturated heterocycles. The molecule has 0 heterocycles. The molecular weight excluding hydrogens is 460 g/mol. The maximum atomic E-state index is 11.7. The highest BCUT2D eigenvalue weighted by molar-refractivity contribution is 5.69. The first-order valence-electron chi connectivity index (χ1n) is 15.2. The van der Waals surface area contributed by atoms with Gasteiger partial charge in [0.15, 0.2) is 0 Å². The average molecular weight is 519 g/mol. The number of unbranched alkanes of at least 4 members (excludes halogenated alkanes) is 11. The minimum absolute atomic E-state index is 0.178. The zero-order chi connectivity index (χ0) is 27.1. The average Bonchev–Trinajstić information content (AvgIpc) is 2.90. The maximum Gasteiger partial charge on any atom is 0.306 e. The van der Waals surface area contributed by atoms with Crippen LogP contribution in [-0.4, -0.2) is 37.0 Å². The summed E-state index contributed by atoms with van der Waals surface area (Å²) in [6.45, 7) is 5.05. The van der Waals surface area contributed by atoms with E-state index >= 15 is 0 Å². The molecule has 214 valence electrons. The van der Waals surface area contributed by atoms with Crippen LogP contribution in [0, 0.1) is 0 Å². The zero-order valence-electron chi connectivity index (χ0n) is 24.2. The highest BCUT2D eigenvalue weighted by Gasteiger charge is 2.13. The van der Waals surface area contributed by atoms with Gasteiger partial charge in [-0.3, -0.25) is 4.79 Å². The lowest BCUT2D eigenvalue weighted by Crippen LogP contribution is -2.27. The summed E-state index contributed by atoms with van der Waals surface area (Å²) in [5.41, 5.74) is 0. The Morgan fingerprint density at radius 2 is 1.22 bits per heavy atom. The number of ether oxygens (including phenoxy) is 2. The van der Waals surface area contributed by atoms with Crippen LogP contribution in [0.1, 0.15) is 129 Å². The molecule has 1 N–H and O–H groups in total. The van der Waals surface area contributed by atoms with E-state index in [1.54, 1.807) is 0 Å². The molecule has 4 nitrogen and oxygen atoms in total. The van der Waals surface area contributed by atoms with Crippen LogP contribution in [0.4, 0.5) is 0 Å². The van der Waals surface area contributed by atoms with Crippen molar-refractivity contribution in [3.63, 3.8) is 0 Å². The third-order valence-electron chi connectivity index (χ3n) is 6.17. The fourth-order valence-corrected chi connectivity index (χ4v) is 3.90. The zero-order valence-corrected chi connectivity index (χ0v) is 24.2. The smallest absolute Gasteiger partial charge is 0.306 e. The summed E-state index contributed by atoms with van der Waals surface area (Å²) in [5.74, 6) is -0.231. The van der Waals surface area contributed by atoms with Gasteiger partial charge < -0.3 is 14.6 Å². The quantitative estimate of drug-likeness (QED) is 0.0669. The third-order valence-corrected chi connectivity index (χ3v) is 6.17. The van der Waals surface area contributed by atoms with Gasteiger partial charge in [0.1, 0.15) is 6.10 Å². The van der Waals surface area contributed by atoms with Crippen LogP contribution in [0.3, 0.4) is 0 Å². The van der Waals surface area contributed by atoms with Crippen molar-refractivity contribution in [3.05, 3.63) is 48.6 Å². The van der Waals surface area contributed by atoms with Gasteiger partial charge in [0.05, 0.1) is 13.2 Å². The lowest BCUT2D eigenvalue weighted by atomic mass is 10.1. The Morgan fingerprint density at radius 1 is 0.676 bits per heavy atom. The molecule has 0 saturated carbocycles. The summed E-state index contributed by atoms with van der Waals surface area (Å²) < 4.78 is 10.9. The van der Waals surface area contributed by atoms with E-state index in [1.165, 1.54) is 57.8 Å². The van der Waals surface area contributed by atoms with E-state index in [9.17, 15) is 9.90 Å². The number of aliphatic hydroxyl groups is 1. The van der Waals surface area contributed by atoms with E-state index in [1.807, 2.05) is 0 Å². The predicted molar refractivity (Wildman–Crippen MR) is 159 cm³/mol. The molecule has 0 aliphatic rings. The summed E-state index contributed by atoms with van der Waals surface area (Å²) in [4.78, 5) is 11.7. The van der Waals surface area contributed by atoms with Gasteiger partial charge in [0, 0.05) is 13.0 Å². The fourth-order valence-electron chi connectivity index (χ4n) is 3.90. The fraction of sp³-hybridized carbons (Fsp3) is 0.727. The molecule has 4 heteroatoms. The lowest BCUT2D eigenvalue weighted by molar-refractivity contribution is -0.154. The molecule has 0 amide bonds. The third kappa shape index (κ3) is 28.8. The SMILES string of the molecule is CC/C=C\C/C=C\C/C=C\C/C=C\CCCCCCCCCCCOCC(CO)OC(=O)CCCCC. The Morgan fingerprint density at radius 3 is 1.78 bits per heavy atom. The van der Waals surface area contributed by atoms with Gasteiger partial charge in [-0.15, -0.1) is 0 Å². The molecule has 0 rings (SSSR count). The van der Waals surface area contributed by atoms with Gasteiger partial charge in [-0.05, 0) is 51.4 Å². The van der Waals surface area contributed by atoms with E-state index in [4.69, 9.17) is 9.47 Å². The minimum atomic E-state index is -0.531. The molecule has 0 aliphatic carbocycles. The molecule has 0 aliphatic heterocycles. The molecule has 0 bridgehead atoms. The van der Waals surface area contributed by atoms with Crippen LogP contribution >= 0.6 is 0 Å². The summed E-state index contributed by atoms with van der Waals surface area (Å²) in [5, 5.41) is 9.36. The van der Waals surface area contributed by atoms with Crippen molar-refractivity contribution in [1.29, 1.82) is 0 Å². The van der Waals surface area contributed by atoms with Crippen LogP contribution < -0.4 is 0 Å². The normalized spacial score (nSPS) is 13.1. The summed E-state index contributed by atoms with van der Waals surface area (Å²) in [6.07, 6.45) is 37.7. The molecule has 1 unspecified atom stereocenters. The molecule has 0 spiro atoms. The van der Waals surface area contributed by atoms with E-state index in [2.05, 4.69) is 62.5 Å². The van der Waals surface area contributed by atoms with E-state index in [-0.39, 0.29) is 19.2 Å². The molecule has 1 atom stereocenters. The molecule has 0 aromatic heterocycles. The molecular formula is C33H58O4. The highest BCUT2D eigenvalue weighted by atomic mass is 16.6. The van der Waals surface area contributed by atoms with Gasteiger partial charge >= 0.3 is 5.97 Å². The summed E-state index contributed by atoms with van der Waals surface area (Å²) in [7, 11) is 0. The second-order valence-corrected chi connectivity index (χ2v) is 9.80. The predicted octanol–water partition coefficient (Wildman–Crippen LogP) is 9.19. The number of carbonyl (C=O) groups excluding carboxylic acids is 1. The van der Waals surface area contributed by atoms with Crippen LogP contribution in [0.25, 0.3) is 0 Å². The van der Waals surface area contributed by atoms with Gasteiger partial charge in [-0.1, -0.05) is 120 Å². The second kappa shape index (κ2) is 30.6. The Balaban J connectivity index is 3.39. The first kappa shape index (κ1) is 35.4. The van der Waals surface area contributed by atoms with Crippen molar-refractivity contribution in [3.8, 4) is 0 Å². The number of allylic oxidation sites excluding steroid dienone is 8. The van der Waals surface area contributed by atoms with Crippen molar-refractivity contribution in [1.82, 2.24) is 0 Å². The minimum Gasteiger partial charge on any atom is -0.457 e. The number of carbonyl (C=O) groups is 1. The topological polar surface area (TPSA) is 55.8 Å². The van der Waals surface area contributed by atoms with Gasteiger partial charge in [-0.25, -0.2) is 0 Å². The first-order chi connectivity index (χ1) is 18.2. The van der Waals surface area contributed by atoms with Crippen molar-refractivity contribution in [2.45, 2.75) is 136 Å². The Hall–Kier alpha value is -1.65. The molecule has 0 aromatic carbocycles. The Labute approximate surface area is 229 Å². The van der Waals surface area contributed by atoms with E-state index < -0.39 is 6.10 Å². The maximum absolute atomic E-state index is 11.7. The summed E-state index contributed by atoms with van der Waals surface area (Å²) >= 11 is 0. The molecule has 37 heavy (non-hydrogen) atoms. The Bertz CT molecular complexity index is 591. The second-order valence-electron chi connectivity index (χ2n) is 9.80. The standard InChI is InChI=1S/C33H58O4/c1-3-5-7-8-9-10-11-12-13-14-15-16-17-18-19-20-21-22-23-24-25-27-29-36-31-32(30-34)37-33(35)28-26-6-4-2/h5,7,9-10,12-13,15-16,32,34H,3-4,6,8,11,14,17-31H2,1-2H3/b7-5-,10-9-,13-12-,16-15-. The number of esters is 1. The van der Waals surface area contributed by atoms with Crippen molar-refractivity contribution < 1.29 is 19.4 Å². The van der Waals surface area contributed by atoms with Crippen molar-refractivity contribution >= 4 is 5.97 Å². The van der Waals surface area contributed by atoms with Gasteiger partial charge in [0.2, 0.25) is 0 Å². The number of rotatable bonds is 27. The Kier molecular flexibility index (Phi) is 29.2. The van der Waals surface area contributed by atoms with E-state index in [0.29, 0.717) is 13.0 Å². The monoisotopic (exact) mass is 518 g/mol. The highest BCUT2D eigenvalue weighted by Crippen LogP contribution is 2.11. The van der Waals surface area contributed by atoms with E-state index in [0.717, 1.165) is 51.4 Å². The van der Waals surface area contributed by atoms with Crippen molar-refractivity contribution in [2.75, 3.05) is 19.8 Å².